The predicted octanol–water partition coefficient (Wildman–Crippen LogP) is 20.8. The maximum Gasteiger partial charge on any atom is 0.151 e. The molecule has 0 aromatic heterocycles. The molecular weight excluding hydrogens is 1050 g/mol. The molecule has 0 radical (unpaired) electrons. The lowest BCUT2D eigenvalue weighted by molar-refractivity contribution is 0.0638. The summed E-state index contributed by atoms with van der Waals surface area (Å²) in [5.74, 6) is 2.66. The smallest absolute Gasteiger partial charge is 0.151 e. The average Bonchev–Trinajstić information content (AvgIpc) is 1.68. The zero-order valence-electron chi connectivity index (χ0n) is 50.3. The van der Waals surface area contributed by atoms with Crippen LogP contribution in [0.5, 0.6) is 17.2 Å². The fourth-order valence-corrected chi connectivity index (χ4v) is 16.8. The van der Waals surface area contributed by atoms with E-state index < -0.39 is 21.8 Å². The van der Waals surface area contributed by atoms with Crippen molar-refractivity contribution >= 4 is 17.1 Å². The zero-order chi connectivity index (χ0) is 58.8. The van der Waals surface area contributed by atoms with Crippen LogP contribution in [0.1, 0.15) is 121 Å². The maximum atomic E-state index is 7.89. The van der Waals surface area contributed by atoms with Crippen molar-refractivity contribution in [1.29, 1.82) is 0 Å². The summed E-state index contributed by atoms with van der Waals surface area (Å²) in [6, 6.07) is 94.2. The van der Waals surface area contributed by atoms with E-state index >= 15 is 0 Å². The second kappa shape index (κ2) is 18.2. The Morgan fingerprint density at radius 2 is 0.759 bits per heavy atom. The molecule has 3 nitrogen and oxygen atoms in total. The normalized spacial score (nSPS) is 18.4. The highest BCUT2D eigenvalue weighted by Crippen LogP contribution is 2.69. The van der Waals surface area contributed by atoms with Gasteiger partial charge in [0.2, 0.25) is 0 Å². The number of hydrogen-bond donors (Lipinski definition) is 0. The van der Waals surface area contributed by atoms with Crippen LogP contribution >= 0.6 is 0 Å². The molecular formula is C84H67NO2. The first-order chi connectivity index (χ1) is 42.3. The summed E-state index contributed by atoms with van der Waals surface area (Å²) in [5, 5.41) is 0. The van der Waals surface area contributed by atoms with Gasteiger partial charge in [0.25, 0.3) is 0 Å². The van der Waals surface area contributed by atoms with Crippen molar-refractivity contribution < 1.29 is 9.47 Å². The molecule has 4 aliphatic carbocycles. The summed E-state index contributed by atoms with van der Waals surface area (Å²) in [6.07, 6.45) is 9.20. The molecule has 6 aliphatic rings. The number of para-hydroxylation sites is 2. The van der Waals surface area contributed by atoms with Crippen LogP contribution in [0.2, 0.25) is 0 Å². The quantitative estimate of drug-likeness (QED) is 0.171. The molecule has 3 spiro atoms. The number of fused-ring (bicyclic) bond motifs is 20. The molecule has 87 heavy (non-hydrogen) atoms. The minimum atomic E-state index is -0.805. The first-order valence-corrected chi connectivity index (χ1v) is 31.0. The van der Waals surface area contributed by atoms with Gasteiger partial charge in [-0.2, -0.15) is 0 Å². The Bertz CT molecular complexity index is 4610. The highest BCUT2D eigenvalue weighted by Gasteiger charge is 2.67. The SMILES string of the molecule is CC1C=CC=CC12Oc1ccc(N(c3ccc4c(c3)C(c3ccccc3)(c3ccccc3)c3ccccc3-4)c3ccc4c(c3)C3(c5ccccc5Oc5ccccc53)c3ccccc3-4)cc1C21c2cc(C(C)(C)C)ccc2-c2ccc(C(C)(C)C)cc21. The predicted molar refractivity (Wildman–Crippen MR) is 356 cm³/mol. The van der Waals surface area contributed by atoms with Gasteiger partial charge in [0.05, 0.1) is 16.2 Å². The summed E-state index contributed by atoms with van der Waals surface area (Å²) in [5.41, 5.74) is 23.7. The van der Waals surface area contributed by atoms with Gasteiger partial charge in [-0.25, -0.2) is 0 Å². The zero-order valence-corrected chi connectivity index (χ0v) is 50.3. The number of nitrogens with zero attached hydrogens (tertiary/aromatic N) is 1. The largest absolute Gasteiger partial charge is 0.481 e. The van der Waals surface area contributed by atoms with Crippen LogP contribution in [0, 0.1) is 5.92 Å². The summed E-state index contributed by atoms with van der Waals surface area (Å²) in [4.78, 5) is 2.56. The second-order valence-corrected chi connectivity index (χ2v) is 27.1. The number of ether oxygens (including phenoxy) is 2. The third kappa shape index (κ3) is 6.78. The molecule has 11 aromatic rings. The number of allylic oxidation sites excluding steroid dienone is 2. The highest BCUT2D eigenvalue weighted by atomic mass is 16.5. The van der Waals surface area contributed by atoms with Gasteiger partial charge < -0.3 is 14.4 Å². The Morgan fingerprint density at radius 1 is 0.345 bits per heavy atom. The third-order valence-electron chi connectivity index (χ3n) is 20.7. The molecule has 0 saturated heterocycles. The van der Waals surface area contributed by atoms with Crippen molar-refractivity contribution in [3.8, 4) is 50.6 Å². The molecule has 17 rings (SSSR count). The Labute approximate surface area is 511 Å². The van der Waals surface area contributed by atoms with Crippen molar-refractivity contribution in [3.63, 3.8) is 0 Å². The number of hydrogen-bond acceptors (Lipinski definition) is 3. The summed E-state index contributed by atoms with van der Waals surface area (Å²) < 4.78 is 14.8. The molecule has 2 atom stereocenters. The first-order valence-electron chi connectivity index (χ1n) is 31.0. The van der Waals surface area contributed by atoms with Crippen molar-refractivity contribution in [2.45, 2.75) is 81.1 Å². The molecule has 0 saturated carbocycles. The Morgan fingerprint density at radius 3 is 1.28 bits per heavy atom. The van der Waals surface area contributed by atoms with E-state index in [1.807, 2.05) is 0 Å². The van der Waals surface area contributed by atoms with Crippen molar-refractivity contribution in [1.82, 2.24) is 0 Å². The van der Waals surface area contributed by atoms with Crippen LogP contribution in [0.15, 0.2) is 273 Å². The van der Waals surface area contributed by atoms with Gasteiger partial charge in [0.15, 0.2) is 5.60 Å². The van der Waals surface area contributed by atoms with E-state index in [0.717, 1.165) is 45.4 Å². The highest BCUT2D eigenvalue weighted by molar-refractivity contribution is 5.95. The van der Waals surface area contributed by atoms with E-state index in [1.165, 1.54) is 94.6 Å². The molecule has 0 fully saturated rings. The van der Waals surface area contributed by atoms with E-state index in [9.17, 15) is 0 Å². The fourth-order valence-electron chi connectivity index (χ4n) is 16.8. The van der Waals surface area contributed by atoms with Crippen LogP contribution < -0.4 is 14.4 Å². The minimum absolute atomic E-state index is 0.00652. The minimum Gasteiger partial charge on any atom is -0.481 e. The van der Waals surface area contributed by atoms with Crippen LogP contribution in [0.4, 0.5) is 17.1 Å². The molecule has 0 bridgehead atoms. The summed E-state index contributed by atoms with van der Waals surface area (Å²) in [6.45, 7) is 16.4. The Kier molecular flexibility index (Phi) is 10.8. The molecule has 0 N–H and O–H groups in total. The Hall–Kier alpha value is -9.70. The lowest BCUT2D eigenvalue weighted by Crippen LogP contribution is -2.55. The van der Waals surface area contributed by atoms with Crippen molar-refractivity contribution in [2.24, 2.45) is 5.92 Å². The van der Waals surface area contributed by atoms with Crippen LogP contribution in [0.3, 0.4) is 0 Å². The standard InChI is InChI=1S/C84H67NO2/c1-53-24-22-23-47-81(53)84(73-48-56(79(2,3)4)37-42-65(73)66-43-38-57(49-74(66)84)80(5,6)7)75-52-60(41-46-78(75)87-81)85(58-39-44-63-61-29-14-16-31-67(61)82(71(63)50-58,54-25-10-8-11-26-54)55-27-12-9-13-28-55)59-40-45-64-62-30-15-17-32-68(62)83(72(64)51-59)69-33-18-20-35-76(69)86-77-36-21-19-34-70(77)83/h8-53H,1-7H3. The maximum absolute atomic E-state index is 7.89. The molecule has 2 unspecified atom stereocenters. The number of benzene rings is 11. The van der Waals surface area contributed by atoms with Crippen LogP contribution in [-0.4, -0.2) is 5.60 Å². The molecule has 420 valence electrons. The van der Waals surface area contributed by atoms with E-state index in [1.54, 1.807) is 0 Å². The molecule has 2 aliphatic heterocycles. The van der Waals surface area contributed by atoms with E-state index in [0.29, 0.717) is 0 Å². The summed E-state index contributed by atoms with van der Waals surface area (Å²) in [7, 11) is 0. The molecule has 11 aromatic carbocycles. The van der Waals surface area contributed by atoms with Gasteiger partial charge in [-0.1, -0.05) is 261 Å². The van der Waals surface area contributed by atoms with Crippen LogP contribution in [0.25, 0.3) is 33.4 Å². The van der Waals surface area contributed by atoms with Crippen molar-refractivity contribution in [3.05, 3.63) is 345 Å². The molecule has 2 heterocycles. The third-order valence-corrected chi connectivity index (χ3v) is 20.7. The summed E-state index contributed by atoms with van der Waals surface area (Å²) >= 11 is 0. The van der Waals surface area contributed by atoms with Crippen molar-refractivity contribution in [2.75, 3.05) is 4.90 Å². The van der Waals surface area contributed by atoms with Gasteiger partial charge in [-0.05, 0) is 161 Å². The molecule has 3 heteroatoms. The lowest BCUT2D eigenvalue weighted by Gasteiger charge is -2.46. The Balaban J connectivity index is 0.982. The van der Waals surface area contributed by atoms with Gasteiger partial charge >= 0.3 is 0 Å². The molecule has 0 amide bonds. The van der Waals surface area contributed by atoms with Gasteiger partial charge in [0.1, 0.15) is 17.2 Å². The lowest BCUT2D eigenvalue weighted by atomic mass is 9.57. The average molecular weight is 1120 g/mol. The number of anilines is 3. The van der Waals surface area contributed by atoms with Gasteiger partial charge in [-0.15, -0.1) is 0 Å². The monoisotopic (exact) mass is 1120 g/mol. The fraction of sp³-hybridized carbons (Fsp3) is 0.167. The van der Waals surface area contributed by atoms with E-state index in [2.05, 4.69) is 326 Å². The van der Waals surface area contributed by atoms with Crippen LogP contribution in [-0.2, 0) is 27.1 Å². The first kappa shape index (κ1) is 51.7. The van der Waals surface area contributed by atoms with Gasteiger partial charge in [-0.3, -0.25) is 0 Å². The second-order valence-electron chi connectivity index (χ2n) is 27.1. The van der Waals surface area contributed by atoms with E-state index in [4.69, 9.17) is 9.47 Å². The van der Waals surface area contributed by atoms with E-state index in [-0.39, 0.29) is 16.7 Å². The van der Waals surface area contributed by atoms with Gasteiger partial charge in [0, 0.05) is 39.7 Å². The topological polar surface area (TPSA) is 21.7 Å². The number of rotatable bonds is 5.